The average molecular weight is 283 g/mol. The zero-order chi connectivity index (χ0) is 14.2. The van der Waals surface area contributed by atoms with Gasteiger partial charge in [0.2, 0.25) is 5.95 Å². The van der Waals surface area contributed by atoms with E-state index in [1.807, 2.05) is 12.1 Å². The van der Waals surface area contributed by atoms with Gasteiger partial charge in [-0.05, 0) is 25.0 Å². The molecule has 1 aliphatic heterocycles. The third kappa shape index (κ3) is 2.53. The number of hydrogen-bond acceptors (Lipinski definition) is 5. The molecular weight excluding hydrogens is 266 g/mol. The summed E-state index contributed by atoms with van der Waals surface area (Å²) in [6.07, 6.45) is 5.91. The van der Waals surface area contributed by atoms with Crippen molar-refractivity contribution in [2.75, 3.05) is 18.0 Å². The van der Waals surface area contributed by atoms with Crippen LogP contribution in [-0.2, 0) is 6.54 Å². The molecule has 2 aromatic heterocycles. The largest absolute Gasteiger partial charge is 0.340 e. The van der Waals surface area contributed by atoms with Crippen LogP contribution < -0.4 is 10.5 Å². The number of aromatic nitrogens is 4. The molecule has 2 aliphatic rings. The van der Waals surface area contributed by atoms with Crippen LogP contribution in [-0.4, -0.2) is 32.8 Å². The predicted octanol–water partition coefficient (Wildman–Crippen LogP) is 1.05. The van der Waals surface area contributed by atoms with Crippen molar-refractivity contribution in [2.45, 2.75) is 25.3 Å². The van der Waals surface area contributed by atoms with Gasteiger partial charge in [0.15, 0.2) is 0 Å². The second-order valence-corrected chi connectivity index (χ2v) is 5.87. The van der Waals surface area contributed by atoms with E-state index in [1.165, 1.54) is 12.8 Å². The Morgan fingerprint density at radius 3 is 2.62 bits per heavy atom. The molecule has 4 rings (SSSR count). The van der Waals surface area contributed by atoms with E-state index >= 15 is 0 Å². The first-order valence-corrected chi connectivity index (χ1v) is 7.39. The zero-order valence-electron chi connectivity index (χ0n) is 11.7. The van der Waals surface area contributed by atoms with E-state index in [2.05, 4.69) is 20.0 Å². The van der Waals surface area contributed by atoms with Crippen molar-refractivity contribution in [1.82, 2.24) is 19.7 Å². The monoisotopic (exact) mass is 283 g/mol. The molecule has 6 heteroatoms. The van der Waals surface area contributed by atoms with Crippen molar-refractivity contribution in [3.05, 3.63) is 46.6 Å². The number of nitrogens with zero attached hydrogens (tertiary/aromatic N) is 5. The van der Waals surface area contributed by atoms with E-state index in [4.69, 9.17) is 0 Å². The summed E-state index contributed by atoms with van der Waals surface area (Å²) in [4.78, 5) is 22.5. The maximum atomic E-state index is 11.9. The molecule has 1 saturated carbocycles. The molecule has 0 atom stereocenters. The molecule has 108 valence electrons. The summed E-state index contributed by atoms with van der Waals surface area (Å²) in [6.45, 7) is 2.44. The Hall–Kier alpha value is -2.24. The van der Waals surface area contributed by atoms with Crippen LogP contribution in [0.25, 0.3) is 0 Å². The highest BCUT2D eigenvalue weighted by atomic mass is 16.1. The smallest absolute Gasteiger partial charge is 0.266 e. The first-order chi connectivity index (χ1) is 10.3. The van der Waals surface area contributed by atoms with Gasteiger partial charge in [0, 0.05) is 43.4 Å². The van der Waals surface area contributed by atoms with Crippen LogP contribution in [0.1, 0.15) is 24.5 Å². The summed E-state index contributed by atoms with van der Waals surface area (Å²) in [5.41, 5.74) is 1.06. The van der Waals surface area contributed by atoms with Crippen molar-refractivity contribution in [3.63, 3.8) is 0 Å². The lowest BCUT2D eigenvalue weighted by Crippen LogP contribution is -2.50. The Kier molecular flexibility index (Phi) is 2.94. The van der Waals surface area contributed by atoms with Gasteiger partial charge in [-0.3, -0.25) is 4.79 Å². The summed E-state index contributed by atoms with van der Waals surface area (Å²) in [6, 6.07) is 5.34. The predicted molar refractivity (Wildman–Crippen MR) is 78.2 cm³/mol. The van der Waals surface area contributed by atoms with Gasteiger partial charge >= 0.3 is 0 Å². The average Bonchev–Trinajstić information content (AvgIpc) is 3.29. The molecule has 1 saturated heterocycles. The van der Waals surface area contributed by atoms with Crippen molar-refractivity contribution in [3.8, 4) is 0 Å². The molecular formula is C15H17N5O. The van der Waals surface area contributed by atoms with Gasteiger partial charge in [0.05, 0.1) is 12.2 Å². The fourth-order valence-electron chi connectivity index (χ4n) is 2.74. The van der Waals surface area contributed by atoms with Gasteiger partial charge in [-0.2, -0.15) is 5.10 Å². The van der Waals surface area contributed by atoms with Crippen LogP contribution in [0.5, 0.6) is 0 Å². The lowest BCUT2D eigenvalue weighted by Gasteiger charge is -2.39. The van der Waals surface area contributed by atoms with Crippen molar-refractivity contribution in [2.24, 2.45) is 5.92 Å². The van der Waals surface area contributed by atoms with Gasteiger partial charge in [0.25, 0.3) is 5.56 Å². The van der Waals surface area contributed by atoms with Crippen molar-refractivity contribution < 1.29 is 0 Å². The van der Waals surface area contributed by atoms with E-state index in [1.54, 1.807) is 23.1 Å². The minimum Gasteiger partial charge on any atom is -0.340 e. The summed E-state index contributed by atoms with van der Waals surface area (Å²) in [5.74, 6) is 1.78. The molecule has 1 aliphatic carbocycles. The van der Waals surface area contributed by atoms with Crippen molar-refractivity contribution in [1.29, 1.82) is 0 Å². The van der Waals surface area contributed by atoms with Gasteiger partial charge in [-0.1, -0.05) is 0 Å². The minimum absolute atomic E-state index is 0.00573. The van der Waals surface area contributed by atoms with Crippen molar-refractivity contribution >= 4 is 5.95 Å². The summed E-state index contributed by atoms with van der Waals surface area (Å²) < 4.78 is 1.63. The van der Waals surface area contributed by atoms with Gasteiger partial charge in [-0.15, -0.1) is 0 Å². The SMILES string of the molecule is O=c1ccc(C2CC2)nn1CC1CN(c2ncccn2)C1. The highest BCUT2D eigenvalue weighted by molar-refractivity contribution is 5.32. The molecule has 6 nitrogen and oxygen atoms in total. The molecule has 3 heterocycles. The van der Waals surface area contributed by atoms with E-state index in [9.17, 15) is 4.79 Å². The van der Waals surface area contributed by atoms with E-state index in [-0.39, 0.29) is 5.56 Å². The topological polar surface area (TPSA) is 63.9 Å². The Bertz CT molecular complexity index is 689. The fourth-order valence-corrected chi connectivity index (χ4v) is 2.74. The molecule has 0 N–H and O–H groups in total. The first-order valence-electron chi connectivity index (χ1n) is 7.39. The Labute approximate surface area is 122 Å². The van der Waals surface area contributed by atoms with E-state index in [0.29, 0.717) is 18.4 Å². The number of anilines is 1. The minimum atomic E-state index is -0.00573. The fraction of sp³-hybridized carbons (Fsp3) is 0.467. The lowest BCUT2D eigenvalue weighted by atomic mass is 10.0. The maximum Gasteiger partial charge on any atom is 0.266 e. The molecule has 0 bridgehead atoms. The van der Waals surface area contributed by atoms with Gasteiger partial charge in [0.1, 0.15) is 0 Å². The Balaban J connectivity index is 1.42. The van der Waals surface area contributed by atoms with E-state index in [0.717, 1.165) is 24.7 Å². The molecule has 0 unspecified atom stereocenters. The third-order valence-corrected chi connectivity index (χ3v) is 4.11. The van der Waals surface area contributed by atoms with Crippen LogP contribution in [0.15, 0.2) is 35.4 Å². The summed E-state index contributed by atoms with van der Waals surface area (Å²) in [5, 5.41) is 4.51. The zero-order valence-corrected chi connectivity index (χ0v) is 11.7. The first kappa shape index (κ1) is 12.5. The molecule has 2 fully saturated rings. The van der Waals surface area contributed by atoms with E-state index < -0.39 is 0 Å². The molecule has 0 aromatic carbocycles. The van der Waals surface area contributed by atoms with Crippen LogP contribution in [0.2, 0.25) is 0 Å². The maximum absolute atomic E-state index is 11.9. The highest BCUT2D eigenvalue weighted by Gasteiger charge is 2.30. The highest BCUT2D eigenvalue weighted by Crippen LogP contribution is 2.38. The standard InChI is InChI=1S/C15H17N5O/c21-14-5-4-13(12-2-3-12)18-20(14)10-11-8-19(9-11)15-16-6-1-7-17-15/h1,4-7,11-12H,2-3,8-10H2. The lowest BCUT2D eigenvalue weighted by molar-refractivity contribution is 0.329. The molecule has 21 heavy (non-hydrogen) atoms. The molecule has 2 aromatic rings. The molecule has 0 spiro atoms. The van der Waals surface area contributed by atoms with Crippen LogP contribution in [0.3, 0.4) is 0 Å². The van der Waals surface area contributed by atoms with Gasteiger partial charge < -0.3 is 4.90 Å². The summed E-state index contributed by atoms with van der Waals surface area (Å²) >= 11 is 0. The summed E-state index contributed by atoms with van der Waals surface area (Å²) in [7, 11) is 0. The second kappa shape index (κ2) is 4.95. The number of hydrogen-bond donors (Lipinski definition) is 0. The van der Waals surface area contributed by atoms with Crippen LogP contribution in [0, 0.1) is 5.92 Å². The number of rotatable bonds is 4. The van der Waals surface area contributed by atoms with Gasteiger partial charge in [-0.25, -0.2) is 14.6 Å². The second-order valence-electron chi connectivity index (χ2n) is 5.87. The Morgan fingerprint density at radius 2 is 1.90 bits per heavy atom. The third-order valence-electron chi connectivity index (χ3n) is 4.11. The van der Waals surface area contributed by atoms with Crippen LogP contribution >= 0.6 is 0 Å². The Morgan fingerprint density at radius 1 is 1.14 bits per heavy atom. The quantitative estimate of drug-likeness (QED) is 0.839. The molecule has 0 radical (unpaired) electrons. The molecule has 0 amide bonds. The van der Waals surface area contributed by atoms with Crippen LogP contribution in [0.4, 0.5) is 5.95 Å². The normalized spacial score (nSPS) is 18.6.